The largest absolute Gasteiger partial charge is 0.384 e. The Labute approximate surface area is 108 Å². The molecule has 0 radical (unpaired) electrons. The van der Waals surface area contributed by atoms with Crippen LogP contribution in [0.4, 0.5) is 5.69 Å². The van der Waals surface area contributed by atoms with Crippen molar-refractivity contribution in [2.75, 3.05) is 30.0 Å². The second kappa shape index (κ2) is 7.22. The summed E-state index contributed by atoms with van der Waals surface area (Å²) in [7, 11) is 2.10. The molecule has 1 aromatic carbocycles. The first-order valence-electron chi connectivity index (χ1n) is 5.88. The Morgan fingerprint density at radius 3 is 2.53 bits per heavy atom. The van der Waals surface area contributed by atoms with Crippen molar-refractivity contribution in [3.8, 4) is 0 Å². The van der Waals surface area contributed by atoms with E-state index in [2.05, 4.69) is 18.9 Å². The summed E-state index contributed by atoms with van der Waals surface area (Å²) in [5.41, 5.74) is 7.38. The van der Waals surface area contributed by atoms with Gasteiger partial charge in [0.2, 0.25) is 0 Å². The van der Waals surface area contributed by atoms with Gasteiger partial charge in [-0.15, -0.1) is 0 Å². The van der Waals surface area contributed by atoms with Crippen molar-refractivity contribution in [1.82, 2.24) is 0 Å². The first kappa shape index (κ1) is 13.9. The van der Waals surface area contributed by atoms with Crippen molar-refractivity contribution < 1.29 is 0 Å². The highest BCUT2D eigenvalue weighted by Gasteiger charge is 2.01. The molecule has 3 nitrogen and oxygen atoms in total. The monoisotopic (exact) mass is 251 g/mol. The first-order chi connectivity index (χ1) is 8.15. The molecule has 0 fully saturated rings. The second-order valence-electron chi connectivity index (χ2n) is 3.93. The van der Waals surface area contributed by atoms with Gasteiger partial charge in [-0.25, -0.2) is 0 Å². The summed E-state index contributed by atoms with van der Waals surface area (Å²) in [6.07, 6.45) is 1.20. The molecule has 94 valence electrons. The Kier molecular flexibility index (Phi) is 5.91. The number of benzene rings is 1. The standard InChI is InChI=1S/C13H21N3S/c1-3-17-10-4-9-16(2)12-7-5-11(6-8-12)13(14)15/h5-8H,3-4,9-10H2,1-2H3,(H3,14,15). The number of nitrogens with two attached hydrogens (primary N) is 1. The van der Waals surface area contributed by atoms with Crippen molar-refractivity contribution >= 4 is 23.3 Å². The van der Waals surface area contributed by atoms with E-state index < -0.39 is 0 Å². The summed E-state index contributed by atoms with van der Waals surface area (Å²) < 4.78 is 0. The van der Waals surface area contributed by atoms with Crippen LogP contribution in [0.2, 0.25) is 0 Å². The minimum atomic E-state index is 0.124. The van der Waals surface area contributed by atoms with E-state index in [1.807, 2.05) is 36.0 Å². The quantitative estimate of drug-likeness (QED) is 0.445. The number of nitrogens with one attached hydrogen (secondary N) is 1. The summed E-state index contributed by atoms with van der Waals surface area (Å²) >= 11 is 1.98. The normalized spacial score (nSPS) is 10.2. The van der Waals surface area contributed by atoms with E-state index >= 15 is 0 Å². The van der Waals surface area contributed by atoms with Crippen molar-refractivity contribution in [3.05, 3.63) is 29.8 Å². The maximum absolute atomic E-state index is 7.33. The fourth-order valence-electron chi connectivity index (χ4n) is 1.57. The molecule has 0 saturated heterocycles. The lowest BCUT2D eigenvalue weighted by molar-refractivity contribution is 0.859. The fraction of sp³-hybridized carbons (Fsp3) is 0.462. The molecular weight excluding hydrogens is 230 g/mol. The fourth-order valence-corrected chi connectivity index (χ4v) is 2.19. The molecule has 17 heavy (non-hydrogen) atoms. The van der Waals surface area contributed by atoms with E-state index in [0.29, 0.717) is 0 Å². The molecule has 1 aromatic rings. The van der Waals surface area contributed by atoms with Gasteiger partial charge in [0.15, 0.2) is 0 Å². The molecular formula is C13H21N3S. The summed E-state index contributed by atoms with van der Waals surface area (Å²) in [5, 5.41) is 7.33. The van der Waals surface area contributed by atoms with E-state index in [0.717, 1.165) is 12.1 Å². The zero-order valence-corrected chi connectivity index (χ0v) is 11.4. The Balaban J connectivity index is 2.46. The van der Waals surface area contributed by atoms with Crippen molar-refractivity contribution in [2.24, 2.45) is 5.73 Å². The smallest absolute Gasteiger partial charge is 0.122 e. The Hall–Kier alpha value is -1.16. The molecule has 0 aliphatic heterocycles. The minimum absolute atomic E-state index is 0.124. The van der Waals surface area contributed by atoms with Gasteiger partial charge in [0.05, 0.1) is 0 Å². The number of nitrogen functional groups attached to an aromatic ring is 1. The van der Waals surface area contributed by atoms with Crippen LogP contribution in [-0.4, -0.2) is 30.9 Å². The van der Waals surface area contributed by atoms with Crippen LogP contribution >= 0.6 is 11.8 Å². The molecule has 0 bridgehead atoms. The average Bonchev–Trinajstić information content (AvgIpc) is 2.34. The van der Waals surface area contributed by atoms with Gasteiger partial charge in [-0.05, 0) is 42.2 Å². The van der Waals surface area contributed by atoms with Crippen molar-refractivity contribution in [3.63, 3.8) is 0 Å². The molecule has 0 spiro atoms. The highest BCUT2D eigenvalue weighted by Crippen LogP contribution is 2.14. The molecule has 0 aliphatic carbocycles. The zero-order valence-electron chi connectivity index (χ0n) is 10.6. The van der Waals surface area contributed by atoms with Crippen LogP contribution in [0.1, 0.15) is 18.9 Å². The van der Waals surface area contributed by atoms with E-state index in [-0.39, 0.29) is 5.84 Å². The molecule has 0 amide bonds. The average molecular weight is 251 g/mol. The molecule has 0 aliphatic rings. The molecule has 0 unspecified atom stereocenters. The number of amidine groups is 1. The maximum Gasteiger partial charge on any atom is 0.122 e. The van der Waals surface area contributed by atoms with Gasteiger partial charge in [0, 0.05) is 24.8 Å². The van der Waals surface area contributed by atoms with Crippen molar-refractivity contribution in [1.29, 1.82) is 5.41 Å². The maximum atomic E-state index is 7.33. The lowest BCUT2D eigenvalue weighted by Crippen LogP contribution is -2.19. The SMILES string of the molecule is CCSCCCN(C)c1ccc(C(=N)N)cc1. The van der Waals surface area contributed by atoms with Gasteiger partial charge >= 0.3 is 0 Å². The summed E-state index contributed by atoms with van der Waals surface area (Å²) in [6.45, 7) is 3.25. The van der Waals surface area contributed by atoms with Gasteiger partial charge in [0.1, 0.15) is 5.84 Å². The number of anilines is 1. The van der Waals surface area contributed by atoms with Crippen LogP contribution in [0.3, 0.4) is 0 Å². The molecule has 0 saturated carbocycles. The number of hydrogen-bond acceptors (Lipinski definition) is 3. The van der Waals surface area contributed by atoms with Crippen LogP contribution < -0.4 is 10.6 Å². The van der Waals surface area contributed by atoms with Crippen molar-refractivity contribution in [2.45, 2.75) is 13.3 Å². The van der Waals surface area contributed by atoms with Gasteiger partial charge in [-0.3, -0.25) is 5.41 Å². The van der Waals surface area contributed by atoms with E-state index in [4.69, 9.17) is 11.1 Å². The minimum Gasteiger partial charge on any atom is -0.384 e. The van der Waals surface area contributed by atoms with Crippen LogP contribution in [0, 0.1) is 5.41 Å². The summed E-state index contributed by atoms with van der Waals surface area (Å²) in [5.74, 6) is 2.53. The van der Waals surface area contributed by atoms with Crippen LogP contribution in [0.5, 0.6) is 0 Å². The first-order valence-corrected chi connectivity index (χ1v) is 7.04. The van der Waals surface area contributed by atoms with Gasteiger partial charge in [-0.2, -0.15) is 11.8 Å². The van der Waals surface area contributed by atoms with E-state index in [1.54, 1.807) is 0 Å². The van der Waals surface area contributed by atoms with E-state index in [1.165, 1.54) is 23.6 Å². The zero-order chi connectivity index (χ0) is 12.7. The number of nitrogens with zero attached hydrogens (tertiary/aromatic N) is 1. The molecule has 0 atom stereocenters. The predicted molar refractivity (Wildman–Crippen MR) is 78.3 cm³/mol. The van der Waals surface area contributed by atoms with Gasteiger partial charge < -0.3 is 10.6 Å². The van der Waals surface area contributed by atoms with Gasteiger partial charge in [0.25, 0.3) is 0 Å². The molecule has 3 N–H and O–H groups in total. The molecule has 0 aromatic heterocycles. The third-order valence-corrected chi connectivity index (χ3v) is 3.59. The Morgan fingerprint density at radius 2 is 2.00 bits per heavy atom. The predicted octanol–water partition coefficient (Wildman–Crippen LogP) is 2.55. The second-order valence-corrected chi connectivity index (χ2v) is 5.33. The third-order valence-electron chi connectivity index (χ3n) is 2.61. The number of thioether (sulfide) groups is 1. The summed E-state index contributed by atoms with van der Waals surface area (Å²) in [4.78, 5) is 2.24. The highest BCUT2D eigenvalue weighted by molar-refractivity contribution is 7.99. The van der Waals surface area contributed by atoms with Gasteiger partial charge in [-0.1, -0.05) is 6.92 Å². The number of rotatable bonds is 7. The lowest BCUT2D eigenvalue weighted by Gasteiger charge is -2.19. The molecule has 1 rings (SSSR count). The van der Waals surface area contributed by atoms with Crippen LogP contribution in [0.25, 0.3) is 0 Å². The van der Waals surface area contributed by atoms with E-state index in [9.17, 15) is 0 Å². The Bertz CT molecular complexity index is 348. The topological polar surface area (TPSA) is 53.1 Å². The lowest BCUT2D eigenvalue weighted by atomic mass is 10.2. The summed E-state index contributed by atoms with van der Waals surface area (Å²) in [6, 6.07) is 7.83. The number of hydrogen-bond donors (Lipinski definition) is 2. The third kappa shape index (κ3) is 4.69. The Morgan fingerprint density at radius 1 is 1.35 bits per heavy atom. The molecule has 0 heterocycles. The molecule has 4 heteroatoms. The highest BCUT2D eigenvalue weighted by atomic mass is 32.2. The van der Waals surface area contributed by atoms with Crippen LogP contribution in [-0.2, 0) is 0 Å². The van der Waals surface area contributed by atoms with Crippen LogP contribution in [0.15, 0.2) is 24.3 Å².